The Balaban J connectivity index is 1.78. The third-order valence-electron chi connectivity index (χ3n) is 4.11. The lowest BCUT2D eigenvalue weighted by atomic mass is 10.0. The molecule has 4 heteroatoms. The number of nitrogens with zero attached hydrogens (tertiary/aromatic N) is 2. The molecule has 0 saturated heterocycles. The number of fused-ring (bicyclic) bond motifs is 7. The summed E-state index contributed by atoms with van der Waals surface area (Å²) in [5, 5.41) is 2.06. The Morgan fingerprint density at radius 2 is 1.95 bits per heavy atom. The predicted octanol–water partition coefficient (Wildman–Crippen LogP) is 4.93. The third kappa shape index (κ3) is 2.34. The van der Waals surface area contributed by atoms with Crippen molar-refractivity contribution in [3.8, 4) is 11.1 Å². The lowest BCUT2D eigenvalue weighted by Gasteiger charge is -2.15. The van der Waals surface area contributed by atoms with Crippen LogP contribution >= 0.6 is 23.5 Å². The van der Waals surface area contributed by atoms with Crippen LogP contribution in [-0.4, -0.2) is 29.5 Å². The van der Waals surface area contributed by atoms with Crippen LogP contribution in [0.15, 0.2) is 47.5 Å². The first-order valence-electron chi connectivity index (χ1n) is 7.39. The molecule has 0 saturated carbocycles. The Bertz CT molecular complexity index is 867. The number of rotatable bonds is 3. The fraction of sp³-hybridized carbons (Fsp3) is 0.222. The minimum atomic E-state index is 0.789. The van der Waals surface area contributed by atoms with Crippen LogP contribution in [0.5, 0.6) is 0 Å². The van der Waals surface area contributed by atoms with Gasteiger partial charge in [0.2, 0.25) is 0 Å². The van der Waals surface area contributed by atoms with Gasteiger partial charge in [-0.3, -0.25) is 3.97 Å². The van der Waals surface area contributed by atoms with Gasteiger partial charge in [-0.15, -0.1) is 0 Å². The Labute approximate surface area is 139 Å². The van der Waals surface area contributed by atoms with Crippen LogP contribution in [0.1, 0.15) is 5.56 Å². The van der Waals surface area contributed by atoms with Crippen molar-refractivity contribution in [1.29, 1.82) is 0 Å². The largest absolute Gasteiger partial charge is 0.309 e. The van der Waals surface area contributed by atoms with Gasteiger partial charge in [-0.2, -0.15) is 0 Å². The number of benzene rings is 2. The maximum absolute atomic E-state index is 6.16. The van der Waals surface area contributed by atoms with E-state index >= 15 is 0 Å². The molecule has 2 nitrogen and oxygen atoms in total. The van der Waals surface area contributed by atoms with Gasteiger partial charge in [-0.1, -0.05) is 29.8 Å². The number of likely N-dealkylation sites (N-methyl/N-ethyl adjacent to an activating group) is 1. The second-order valence-corrected chi connectivity index (χ2v) is 7.46. The fourth-order valence-corrected chi connectivity index (χ4v) is 4.21. The van der Waals surface area contributed by atoms with Crippen LogP contribution in [0.3, 0.4) is 0 Å². The molecule has 22 heavy (non-hydrogen) atoms. The topological polar surface area (TPSA) is 8.17 Å². The lowest BCUT2D eigenvalue weighted by molar-refractivity contribution is 0.413. The molecule has 1 aromatic heterocycles. The minimum absolute atomic E-state index is 0.789. The number of hydrogen-bond acceptors (Lipinski definition) is 2. The van der Waals surface area contributed by atoms with Gasteiger partial charge >= 0.3 is 0 Å². The van der Waals surface area contributed by atoms with Gasteiger partial charge < -0.3 is 4.90 Å². The summed E-state index contributed by atoms with van der Waals surface area (Å²) in [6.45, 7) is 1.08. The first kappa shape index (κ1) is 14.2. The van der Waals surface area contributed by atoms with Gasteiger partial charge in [-0.25, -0.2) is 0 Å². The van der Waals surface area contributed by atoms with Gasteiger partial charge in [0.25, 0.3) is 0 Å². The van der Waals surface area contributed by atoms with E-state index in [4.69, 9.17) is 11.6 Å². The maximum atomic E-state index is 6.16. The van der Waals surface area contributed by atoms with Gasteiger partial charge in [0.15, 0.2) is 0 Å². The maximum Gasteiger partial charge on any atom is 0.0615 e. The van der Waals surface area contributed by atoms with Gasteiger partial charge in [0.1, 0.15) is 0 Å². The van der Waals surface area contributed by atoms with Crippen molar-refractivity contribution in [2.24, 2.45) is 0 Å². The van der Waals surface area contributed by atoms with Crippen molar-refractivity contribution in [3.05, 3.63) is 53.2 Å². The normalized spacial score (nSPS) is 12.9. The van der Waals surface area contributed by atoms with Crippen LogP contribution in [-0.2, 0) is 6.42 Å². The van der Waals surface area contributed by atoms with E-state index in [9.17, 15) is 0 Å². The summed E-state index contributed by atoms with van der Waals surface area (Å²) in [5.41, 5.74) is 5.22. The van der Waals surface area contributed by atoms with E-state index in [0.29, 0.717) is 0 Å². The predicted molar refractivity (Wildman–Crippen MR) is 95.9 cm³/mol. The zero-order valence-electron chi connectivity index (χ0n) is 12.6. The molecule has 0 spiro atoms. The molecule has 0 atom stereocenters. The Morgan fingerprint density at radius 3 is 2.77 bits per heavy atom. The molecule has 2 heterocycles. The number of aromatic nitrogens is 1. The molecule has 4 rings (SSSR count). The van der Waals surface area contributed by atoms with Crippen molar-refractivity contribution < 1.29 is 0 Å². The summed E-state index contributed by atoms with van der Waals surface area (Å²) in [6, 6.07) is 13.0. The molecule has 1 aliphatic heterocycles. The second kappa shape index (κ2) is 5.34. The smallest absolute Gasteiger partial charge is 0.0615 e. The zero-order chi connectivity index (χ0) is 15.3. The quantitative estimate of drug-likeness (QED) is 0.526. The minimum Gasteiger partial charge on any atom is -0.309 e. The highest BCUT2D eigenvalue weighted by atomic mass is 35.5. The van der Waals surface area contributed by atoms with E-state index in [0.717, 1.165) is 18.0 Å². The summed E-state index contributed by atoms with van der Waals surface area (Å²) in [6.07, 6.45) is 3.30. The summed E-state index contributed by atoms with van der Waals surface area (Å²) < 4.78 is 2.23. The molecular formula is C18H17ClN2S. The van der Waals surface area contributed by atoms with Crippen LogP contribution < -0.4 is 0 Å². The van der Waals surface area contributed by atoms with Gasteiger partial charge in [0, 0.05) is 33.6 Å². The van der Waals surface area contributed by atoms with Crippen molar-refractivity contribution >= 4 is 34.5 Å². The molecule has 0 amide bonds. The van der Waals surface area contributed by atoms with Crippen LogP contribution in [0.2, 0.25) is 5.02 Å². The summed E-state index contributed by atoms with van der Waals surface area (Å²) in [5.74, 6) is 0. The van der Waals surface area contributed by atoms with Gasteiger partial charge in [-0.05, 0) is 61.8 Å². The van der Waals surface area contributed by atoms with Crippen LogP contribution in [0.4, 0.5) is 0 Å². The molecule has 0 aliphatic carbocycles. The molecule has 2 bridgehead atoms. The van der Waals surface area contributed by atoms with Crippen molar-refractivity contribution in [2.45, 2.75) is 11.3 Å². The molecule has 0 fully saturated rings. The van der Waals surface area contributed by atoms with E-state index in [1.54, 1.807) is 11.9 Å². The molecular weight excluding hydrogens is 312 g/mol. The first-order chi connectivity index (χ1) is 10.6. The van der Waals surface area contributed by atoms with Crippen molar-refractivity contribution in [3.63, 3.8) is 0 Å². The molecule has 1 aliphatic rings. The average Bonchev–Trinajstić information content (AvgIpc) is 2.78. The highest BCUT2D eigenvalue weighted by Gasteiger charge is 2.20. The summed E-state index contributed by atoms with van der Waals surface area (Å²) in [7, 11) is 4.23. The molecule has 0 radical (unpaired) electrons. The Hall–Kier alpha value is -1.42. The highest BCUT2D eigenvalue weighted by molar-refractivity contribution is 7.98. The second-order valence-electron chi connectivity index (χ2n) is 6.01. The highest BCUT2D eigenvalue weighted by Crippen LogP contribution is 2.45. The fourth-order valence-electron chi connectivity index (χ4n) is 2.94. The molecule has 2 aromatic carbocycles. The molecule has 112 valence electrons. The van der Waals surface area contributed by atoms with E-state index in [1.165, 1.54) is 32.5 Å². The third-order valence-corrected chi connectivity index (χ3v) is 5.38. The SMILES string of the molecule is CN(C)CCc1ccc2c(c1)Sn1cc-2c2ccc(Cl)cc21. The summed E-state index contributed by atoms with van der Waals surface area (Å²) >= 11 is 7.94. The number of hydrogen-bond donors (Lipinski definition) is 0. The van der Waals surface area contributed by atoms with Crippen LogP contribution in [0.25, 0.3) is 22.0 Å². The van der Waals surface area contributed by atoms with E-state index in [1.807, 2.05) is 12.1 Å². The molecule has 0 N–H and O–H groups in total. The Morgan fingerprint density at radius 1 is 1.09 bits per heavy atom. The molecule has 0 unspecified atom stereocenters. The van der Waals surface area contributed by atoms with Crippen molar-refractivity contribution in [1.82, 2.24) is 8.87 Å². The first-order valence-corrected chi connectivity index (χ1v) is 8.54. The van der Waals surface area contributed by atoms with Crippen molar-refractivity contribution in [2.75, 3.05) is 20.6 Å². The molecule has 3 aromatic rings. The monoisotopic (exact) mass is 328 g/mol. The average molecular weight is 329 g/mol. The Kier molecular flexibility index (Phi) is 3.44. The standard InChI is InChI=1S/C18H17ClN2S/c1-20(2)8-7-12-3-5-15-16-11-21(22-18(15)9-12)17-10-13(19)4-6-14(16)17/h3-6,9-11H,7-8H2,1-2H3. The van der Waals surface area contributed by atoms with Gasteiger partial charge in [0.05, 0.1) is 5.52 Å². The van der Waals surface area contributed by atoms with E-state index < -0.39 is 0 Å². The summed E-state index contributed by atoms with van der Waals surface area (Å²) in [4.78, 5) is 3.56. The van der Waals surface area contributed by atoms with E-state index in [-0.39, 0.29) is 0 Å². The lowest BCUT2D eigenvalue weighted by Crippen LogP contribution is -2.15. The number of halogens is 1. The van der Waals surface area contributed by atoms with E-state index in [2.05, 4.69) is 53.4 Å². The zero-order valence-corrected chi connectivity index (χ0v) is 14.2. The van der Waals surface area contributed by atoms with Crippen LogP contribution in [0, 0.1) is 0 Å².